The number of imidazole rings is 1. The van der Waals surface area contributed by atoms with E-state index >= 15 is 0 Å². The lowest BCUT2D eigenvalue weighted by Crippen LogP contribution is -2.22. The maximum atomic E-state index is 12.3. The van der Waals surface area contributed by atoms with Gasteiger partial charge in [-0.2, -0.15) is 0 Å². The van der Waals surface area contributed by atoms with Gasteiger partial charge in [-0.1, -0.05) is 42.0 Å². The van der Waals surface area contributed by atoms with Crippen LogP contribution in [0.1, 0.15) is 11.1 Å². The van der Waals surface area contributed by atoms with Crippen LogP contribution in [0.4, 0.5) is 0 Å². The van der Waals surface area contributed by atoms with Crippen LogP contribution in [0.5, 0.6) is 0 Å². The largest absolute Gasteiger partial charge is 0.329 e. The normalized spacial score (nSPS) is 11.1. The summed E-state index contributed by atoms with van der Waals surface area (Å²) in [6, 6.07) is 16.2. The monoisotopic (exact) mass is 252 g/mol. The quantitative estimate of drug-likeness (QED) is 0.689. The van der Waals surface area contributed by atoms with Gasteiger partial charge in [-0.05, 0) is 24.6 Å². The first kappa shape index (κ1) is 11.8. The Morgan fingerprint density at radius 3 is 2.47 bits per heavy atom. The van der Waals surface area contributed by atoms with Gasteiger partial charge in [0.1, 0.15) is 0 Å². The van der Waals surface area contributed by atoms with Crippen LogP contribution in [0.25, 0.3) is 11.0 Å². The zero-order valence-corrected chi connectivity index (χ0v) is 11.1. The minimum absolute atomic E-state index is 0.0303. The lowest BCUT2D eigenvalue weighted by atomic mass is 10.1. The predicted octanol–water partition coefficient (Wildman–Crippen LogP) is 2.70. The molecule has 96 valence electrons. The third kappa shape index (κ3) is 1.97. The molecule has 0 spiro atoms. The Bertz CT molecular complexity index is 796. The van der Waals surface area contributed by atoms with Crippen LogP contribution >= 0.6 is 0 Å². The van der Waals surface area contributed by atoms with E-state index in [0.29, 0.717) is 6.54 Å². The summed E-state index contributed by atoms with van der Waals surface area (Å²) in [5.41, 5.74) is 4.35. The van der Waals surface area contributed by atoms with E-state index in [1.54, 1.807) is 4.57 Å². The van der Waals surface area contributed by atoms with E-state index < -0.39 is 0 Å². The zero-order chi connectivity index (χ0) is 13.4. The van der Waals surface area contributed by atoms with Crippen molar-refractivity contribution in [3.05, 3.63) is 70.1 Å². The van der Waals surface area contributed by atoms with Crippen LogP contribution in [0, 0.1) is 6.92 Å². The van der Waals surface area contributed by atoms with E-state index in [9.17, 15) is 4.79 Å². The van der Waals surface area contributed by atoms with Crippen molar-refractivity contribution < 1.29 is 0 Å². The van der Waals surface area contributed by atoms with E-state index in [1.807, 2.05) is 41.9 Å². The molecule has 1 aromatic heterocycles. The van der Waals surface area contributed by atoms with Gasteiger partial charge in [-0.3, -0.25) is 9.13 Å². The Morgan fingerprint density at radius 2 is 1.74 bits per heavy atom. The number of benzene rings is 2. The predicted molar refractivity (Wildman–Crippen MR) is 77.5 cm³/mol. The van der Waals surface area contributed by atoms with Crippen LogP contribution < -0.4 is 5.69 Å². The van der Waals surface area contributed by atoms with Crippen molar-refractivity contribution in [3.8, 4) is 0 Å². The van der Waals surface area contributed by atoms with Crippen molar-refractivity contribution in [3.63, 3.8) is 0 Å². The Labute approximate surface area is 111 Å². The van der Waals surface area contributed by atoms with Crippen molar-refractivity contribution in [2.24, 2.45) is 7.05 Å². The first-order chi connectivity index (χ1) is 9.16. The van der Waals surface area contributed by atoms with E-state index in [4.69, 9.17) is 0 Å². The van der Waals surface area contributed by atoms with Gasteiger partial charge in [0.2, 0.25) is 0 Å². The molecule has 0 amide bonds. The summed E-state index contributed by atoms with van der Waals surface area (Å²) in [5, 5.41) is 0. The molecule has 2 aromatic carbocycles. The summed E-state index contributed by atoms with van der Waals surface area (Å²) in [6.07, 6.45) is 0. The molecule has 0 aliphatic heterocycles. The third-order valence-electron chi connectivity index (χ3n) is 3.47. The first-order valence-corrected chi connectivity index (χ1v) is 6.36. The highest BCUT2D eigenvalue weighted by Gasteiger charge is 2.09. The number of nitrogens with zero attached hydrogens (tertiary/aromatic N) is 2. The smallest absolute Gasteiger partial charge is 0.295 e. The average Bonchev–Trinajstić information content (AvgIpc) is 2.65. The molecule has 0 aliphatic rings. The number of aryl methyl sites for hydroxylation is 2. The molecule has 0 atom stereocenters. The van der Waals surface area contributed by atoms with Crippen LogP contribution in [-0.4, -0.2) is 9.13 Å². The molecule has 0 saturated heterocycles. The number of fused-ring (bicyclic) bond motifs is 1. The van der Waals surface area contributed by atoms with Crippen molar-refractivity contribution in [2.75, 3.05) is 0 Å². The van der Waals surface area contributed by atoms with Crippen molar-refractivity contribution >= 4 is 11.0 Å². The molecule has 1 heterocycles. The molecule has 3 aromatic rings. The summed E-state index contributed by atoms with van der Waals surface area (Å²) < 4.78 is 3.52. The lowest BCUT2D eigenvalue weighted by Gasteiger charge is -2.04. The summed E-state index contributed by atoms with van der Waals surface area (Å²) in [7, 11) is 1.82. The Morgan fingerprint density at radius 1 is 1.00 bits per heavy atom. The Hall–Kier alpha value is -2.29. The van der Waals surface area contributed by atoms with Crippen molar-refractivity contribution in [2.45, 2.75) is 13.5 Å². The maximum Gasteiger partial charge on any atom is 0.329 e. The second-order valence-corrected chi connectivity index (χ2v) is 4.91. The molecule has 19 heavy (non-hydrogen) atoms. The molecule has 3 nitrogen and oxygen atoms in total. The minimum atomic E-state index is 0.0303. The van der Waals surface area contributed by atoms with Gasteiger partial charge in [0.15, 0.2) is 0 Å². The summed E-state index contributed by atoms with van der Waals surface area (Å²) in [6.45, 7) is 2.68. The maximum absolute atomic E-state index is 12.3. The van der Waals surface area contributed by atoms with Gasteiger partial charge < -0.3 is 0 Å². The van der Waals surface area contributed by atoms with Crippen LogP contribution in [-0.2, 0) is 13.6 Å². The summed E-state index contributed by atoms with van der Waals surface area (Å²) >= 11 is 0. The molecule has 3 rings (SSSR count). The molecule has 0 bridgehead atoms. The summed E-state index contributed by atoms with van der Waals surface area (Å²) in [5.74, 6) is 0. The van der Waals surface area contributed by atoms with Crippen molar-refractivity contribution in [1.29, 1.82) is 0 Å². The van der Waals surface area contributed by atoms with Gasteiger partial charge in [-0.15, -0.1) is 0 Å². The van der Waals surface area contributed by atoms with E-state index in [0.717, 1.165) is 16.6 Å². The highest BCUT2D eigenvalue weighted by Crippen LogP contribution is 2.14. The molecular formula is C16H16N2O. The number of hydrogen-bond acceptors (Lipinski definition) is 1. The number of aromatic nitrogens is 2. The van der Waals surface area contributed by atoms with Crippen LogP contribution in [0.15, 0.2) is 53.3 Å². The fourth-order valence-corrected chi connectivity index (χ4v) is 2.51. The van der Waals surface area contributed by atoms with Gasteiger partial charge in [0, 0.05) is 7.05 Å². The molecule has 0 aliphatic carbocycles. The van der Waals surface area contributed by atoms with Gasteiger partial charge in [0.05, 0.1) is 17.6 Å². The number of hydrogen-bond donors (Lipinski definition) is 0. The third-order valence-corrected chi connectivity index (χ3v) is 3.47. The molecule has 0 N–H and O–H groups in total. The second kappa shape index (κ2) is 4.43. The van der Waals surface area contributed by atoms with Gasteiger partial charge in [-0.25, -0.2) is 4.79 Å². The fourth-order valence-electron chi connectivity index (χ4n) is 2.51. The molecule has 0 unspecified atom stereocenters. The van der Waals surface area contributed by atoms with E-state index in [-0.39, 0.29) is 5.69 Å². The lowest BCUT2D eigenvalue weighted by molar-refractivity contribution is 0.735. The van der Waals surface area contributed by atoms with Crippen LogP contribution in [0.3, 0.4) is 0 Å². The topological polar surface area (TPSA) is 26.9 Å². The van der Waals surface area contributed by atoms with Crippen molar-refractivity contribution in [1.82, 2.24) is 9.13 Å². The number of rotatable bonds is 2. The molecule has 0 radical (unpaired) electrons. The minimum Gasteiger partial charge on any atom is -0.295 e. The van der Waals surface area contributed by atoms with Gasteiger partial charge >= 0.3 is 5.69 Å². The Kier molecular flexibility index (Phi) is 2.75. The zero-order valence-electron chi connectivity index (χ0n) is 11.1. The first-order valence-electron chi connectivity index (χ1n) is 6.36. The molecule has 3 heteroatoms. The van der Waals surface area contributed by atoms with E-state index in [1.165, 1.54) is 5.56 Å². The van der Waals surface area contributed by atoms with E-state index in [2.05, 4.69) is 25.1 Å². The average molecular weight is 252 g/mol. The molecule has 0 saturated carbocycles. The fraction of sp³-hybridized carbons (Fsp3) is 0.188. The molecular weight excluding hydrogens is 236 g/mol. The highest BCUT2D eigenvalue weighted by atomic mass is 16.1. The van der Waals surface area contributed by atoms with Gasteiger partial charge in [0.25, 0.3) is 0 Å². The number of para-hydroxylation sites is 2. The highest BCUT2D eigenvalue weighted by molar-refractivity contribution is 5.75. The van der Waals surface area contributed by atoms with Crippen LogP contribution in [0.2, 0.25) is 0 Å². The SMILES string of the molecule is Cc1cccc(Cn2c(=O)n(C)c3ccccc32)c1. The Balaban J connectivity index is 2.16. The summed E-state index contributed by atoms with van der Waals surface area (Å²) in [4.78, 5) is 12.3. The standard InChI is InChI=1S/C16H16N2O/c1-12-6-5-7-13(10-12)11-18-15-9-4-3-8-14(15)17(2)16(18)19/h3-10H,11H2,1-2H3. The molecule has 0 fully saturated rings. The second-order valence-electron chi connectivity index (χ2n) is 4.91.